The SMILES string of the molecule is C[C@@H]1CCCN(S(=O)(=O)c2cc(C(=O)Nc3ccc4c(c3)OCCCO4)ccc2Cl)C1. The summed E-state index contributed by atoms with van der Waals surface area (Å²) in [6.45, 7) is 4.06. The Kier molecular flexibility index (Phi) is 6.41. The second-order valence-electron chi connectivity index (χ2n) is 7.92. The fourth-order valence-electron chi connectivity index (χ4n) is 3.79. The Balaban J connectivity index is 1.56. The summed E-state index contributed by atoms with van der Waals surface area (Å²) in [5.41, 5.74) is 0.735. The Hall–Kier alpha value is -2.29. The number of rotatable bonds is 4. The smallest absolute Gasteiger partial charge is 0.255 e. The lowest BCUT2D eigenvalue weighted by molar-refractivity contribution is 0.102. The Morgan fingerprint density at radius 2 is 1.87 bits per heavy atom. The lowest BCUT2D eigenvalue weighted by Crippen LogP contribution is -2.39. The van der Waals surface area contributed by atoms with Crippen molar-refractivity contribution in [2.24, 2.45) is 5.92 Å². The van der Waals surface area contributed by atoms with E-state index in [9.17, 15) is 13.2 Å². The van der Waals surface area contributed by atoms with E-state index in [-0.39, 0.29) is 21.4 Å². The Morgan fingerprint density at radius 3 is 2.65 bits per heavy atom. The standard InChI is InChI=1S/C22H25ClN2O5S/c1-15-4-2-9-25(14-15)31(27,28)21-12-16(5-7-18(21)23)22(26)24-17-6-8-19-20(13-17)30-11-3-10-29-19/h5-8,12-13,15H,2-4,9-11,14H2,1H3,(H,24,26)/t15-/m1/s1. The van der Waals surface area contributed by atoms with Gasteiger partial charge in [-0.15, -0.1) is 0 Å². The van der Waals surface area contributed by atoms with E-state index in [4.69, 9.17) is 21.1 Å². The molecule has 4 rings (SSSR count). The highest BCUT2D eigenvalue weighted by Crippen LogP contribution is 2.33. The zero-order valence-corrected chi connectivity index (χ0v) is 18.8. The highest BCUT2D eigenvalue weighted by molar-refractivity contribution is 7.89. The number of nitrogens with one attached hydrogen (secondary N) is 1. The van der Waals surface area contributed by atoms with Gasteiger partial charge in [0.1, 0.15) is 4.90 Å². The molecular formula is C22H25ClN2O5S. The quantitative estimate of drug-likeness (QED) is 0.733. The zero-order valence-electron chi connectivity index (χ0n) is 17.3. The maximum absolute atomic E-state index is 13.2. The number of hydrogen-bond donors (Lipinski definition) is 1. The molecule has 166 valence electrons. The lowest BCUT2D eigenvalue weighted by Gasteiger charge is -2.30. The average molecular weight is 465 g/mol. The second-order valence-corrected chi connectivity index (χ2v) is 10.2. The number of hydrogen-bond acceptors (Lipinski definition) is 5. The topological polar surface area (TPSA) is 84.9 Å². The summed E-state index contributed by atoms with van der Waals surface area (Å²) in [4.78, 5) is 12.8. The van der Waals surface area contributed by atoms with Gasteiger partial charge in [-0.3, -0.25) is 4.79 Å². The number of carbonyl (C=O) groups is 1. The van der Waals surface area contributed by atoms with Crippen molar-refractivity contribution in [3.8, 4) is 11.5 Å². The van der Waals surface area contributed by atoms with Crippen LogP contribution in [0.1, 0.15) is 36.5 Å². The summed E-state index contributed by atoms with van der Waals surface area (Å²) in [7, 11) is -3.79. The second kappa shape index (κ2) is 9.06. The summed E-state index contributed by atoms with van der Waals surface area (Å²) in [6.07, 6.45) is 2.59. The molecule has 7 nitrogen and oxygen atoms in total. The van der Waals surface area contributed by atoms with Gasteiger partial charge in [-0.2, -0.15) is 4.31 Å². The number of benzene rings is 2. The Morgan fingerprint density at radius 1 is 1.10 bits per heavy atom. The largest absolute Gasteiger partial charge is 0.490 e. The van der Waals surface area contributed by atoms with Crippen LogP contribution in [0.2, 0.25) is 5.02 Å². The third kappa shape index (κ3) is 4.81. The minimum absolute atomic E-state index is 0.0467. The maximum atomic E-state index is 13.2. The first-order valence-corrected chi connectivity index (χ1v) is 12.2. The van der Waals surface area contributed by atoms with Gasteiger partial charge in [-0.05, 0) is 49.1 Å². The summed E-state index contributed by atoms with van der Waals surface area (Å²) in [5.74, 6) is 1.04. The van der Waals surface area contributed by atoms with Gasteiger partial charge in [0.05, 0.1) is 18.2 Å². The van der Waals surface area contributed by atoms with Crippen LogP contribution in [0.25, 0.3) is 0 Å². The van der Waals surface area contributed by atoms with E-state index in [0.717, 1.165) is 19.3 Å². The molecule has 1 N–H and O–H groups in total. The third-order valence-electron chi connectivity index (χ3n) is 5.44. The molecule has 1 atom stereocenters. The predicted octanol–water partition coefficient (Wildman–Crippen LogP) is 4.17. The highest BCUT2D eigenvalue weighted by atomic mass is 35.5. The van der Waals surface area contributed by atoms with Crippen molar-refractivity contribution < 1.29 is 22.7 Å². The Bertz CT molecular complexity index is 1090. The molecule has 2 aromatic rings. The van der Waals surface area contributed by atoms with E-state index in [1.54, 1.807) is 18.2 Å². The number of sulfonamides is 1. The average Bonchev–Trinajstić information content (AvgIpc) is 2.99. The van der Waals surface area contributed by atoms with Crippen molar-refractivity contribution in [1.82, 2.24) is 4.31 Å². The van der Waals surface area contributed by atoms with Crippen LogP contribution in [-0.4, -0.2) is 44.9 Å². The molecule has 0 bridgehead atoms. The number of amides is 1. The monoisotopic (exact) mass is 464 g/mol. The van der Waals surface area contributed by atoms with Crippen LogP contribution in [0.3, 0.4) is 0 Å². The van der Waals surface area contributed by atoms with Crippen LogP contribution in [0.4, 0.5) is 5.69 Å². The fourth-order valence-corrected chi connectivity index (χ4v) is 5.89. The van der Waals surface area contributed by atoms with E-state index in [1.807, 2.05) is 6.92 Å². The maximum Gasteiger partial charge on any atom is 0.255 e. The number of fused-ring (bicyclic) bond motifs is 1. The fraction of sp³-hybridized carbons (Fsp3) is 0.409. The van der Waals surface area contributed by atoms with Crippen LogP contribution in [-0.2, 0) is 10.0 Å². The molecule has 1 saturated heterocycles. The van der Waals surface area contributed by atoms with Crippen LogP contribution >= 0.6 is 11.6 Å². The normalized spacial score (nSPS) is 19.5. The summed E-state index contributed by atoms with van der Waals surface area (Å²) < 4.78 is 39.0. The Labute approximate surface area is 187 Å². The zero-order chi connectivity index (χ0) is 22.0. The highest BCUT2D eigenvalue weighted by Gasteiger charge is 2.31. The van der Waals surface area contributed by atoms with Crippen molar-refractivity contribution in [2.45, 2.75) is 31.1 Å². The molecule has 9 heteroatoms. The lowest BCUT2D eigenvalue weighted by atomic mass is 10.0. The van der Waals surface area contributed by atoms with E-state index in [1.165, 1.54) is 22.5 Å². The molecular weight excluding hydrogens is 440 g/mol. The molecule has 2 heterocycles. The van der Waals surface area contributed by atoms with Gasteiger partial charge in [-0.1, -0.05) is 18.5 Å². The third-order valence-corrected chi connectivity index (χ3v) is 7.78. The first-order chi connectivity index (χ1) is 14.8. The van der Waals surface area contributed by atoms with Gasteiger partial charge in [0, 0.05) is 36.8 Å². The first kappa shape index (κ1) is 21.9. The molecule has 0 aromatic heterocycles. The molecule has 0 radical (unpaired) electrons. The van der Waals surface area contributed by atoms with Gasteiger partial charge < -0.3 is 14.8 Å². The minimum atomic E-state index is -3.79. The molecule has 2 aliphatic rings. The first-order valence-electron chi connectivity index (χ1n) is 10.4. The summed E-state index contributed by atoms with van der Waals surface area (Å²) in [5, 5.41) is 2.89. The van der Waals surface area contributed by atoms with Crippen LogP contribution in [0, 0.1) is 5.92 Å². The predicted molar refractivity (Wildman–Crippen MR) is 119 cm³/mol. The molecule has 0 unspecified atom stereocenters. The van der Waals surface area contributed by atoms with Crippen LogP contribution in [0.15, 0.2) is 41.3 Å². The number of halogens is 1. The molecule has 2 aromatic carbocycles. The molecule has 0 saturated carbocycles. The van der Waals surface area contributed by atoms with Crippen molar-refractivity contribution in [2.75, 3.05) is 31.6 Å². The van der Waals surface area contributed by atoms with Gasteiger partial charge in [-0.25, -0.2) is 8.42 Å². The van der Waals surface area contributed by atoms with E-state index in [0.29, 0.717) is 43.5 Å². The summed E-state index contributed by atoms with van der Waals surface area (Å²) in [6, 6.07) is 9.46. The number of carbonyl (C=O) groups excluding carboxylic acids is 1. The molecule has 1 fully saturated rings. The van der Waals surface area contributed by atoms with Gasteiger partial charge in [0.25, 0.3) is 5.91 Å². The molecule has 31 heavy (non-hydrogen) atoms. The number of nitrogens with zero attached hydrogens (tertiary/aromatic N) is 1. The minimum Gasteiger partial charge on any atom is -0.490 e. The van der Waals surface area contributed by atoms with Gasteiger partial charge in [0.2, 0.25) is 10.0 Å². The van der Waals surface area contributed by atoms with Crippen molar-refractivity contribution >= 4 is 33.2 Å². The van der Waals surface area contributed by atoms with Crippen LogP contribution < -0.4 is 14.8 Å². The molecule has 0 aliphatic carbocycles. The van der Waals surface area contributed by atoms with Crippen molar-refractivity contribution in [3.05, 3.63) is 47.0 Å². The number of anilines is 1. The van der Waals surface area contributed by atoms with Crippen LogP contribution in [0.5, 0.6) is 11.5 Å². The van der Waals surface area contributed by atoms with E-state index >= 15 is 0 Å². The molecule has 1 amide bonds. The van der Waals surface area contributed by atoms with Crippen molar-refractivity contribution in [1.29, 1.82) is 0 Å². The van der Waals surface area contributed by atoms with Crippen molar-refractivity contribution in [3.63, 3.8) is 0 Å². The van der Waals surface area contributed by atoms with E-state index in [2.05, 4.69) is 5.32 Å². The van der Waals surface area contributed by atoms with Gasteiger partial charge >= 0.3 is 0 Å². The van der Waals surface area contributed by atoms with Gasteiger partial charge in [0.15, 0.2) is 11.5 Å². The summed E-state index contributed by atoms with van der Waals surface area (Å²) >= 11 is 6.23. The number of piperidine rings is 1. The number of ether oxygens (including phenoxy) is 2. The molecule has 0 spiro atoms. The molecule has 2 aliphatic heterocycles. The van der Waals surface area contributed by atoms with E-state index < -0.39 is 15.9 Å².